The van der Waals surface area contributed by atoms with Crippen LogP contribution < -0.4 is 5.73 Å². The Morgan fingerprint density at radius 3 is 2.73 bits per heavy atom. The van der Waals surface area contributed by atoms with Gasteiger partial charge in [-0.3, -0.25) is 9.48 Å². The molecule has 37 heavy (non-hydrogen) atoms. The summed E-state index contributed by atoms with van der Waals surface area (Å²) in [5.74, 6) is 4.84. The zero-order valence-corrected chi connectivity index (χ0v) is 19.6. The molecule has 3 aromatic heterocycles. The van der Waals surface area contributed by atoms with Crippen LogP contribution in [0.3, 0.4) is 0 Å². The van der Waals surface area contributed by atoms with Crippen LogP contribution in [0.2, 0.25) is 0 Å². The SMILES string of the molecule is C=CC(=O)N1C[C@@H](n2nc(C#Cc3cc4ncn(C5CC5)c4cc3F)c3c(N)nccc32)CC1C(F)F. The molecule has 6 rings (SSSR count). The second kappa shape index (κ2) is 8.65. The lowest BCUT2D eigenvalue weighted by Crippen LogP contribution is -2.38. The summed E-state index contributed by atoms with van der Waals surface area (Å²) in [5, 5.41) is 5.00. The van der Waals surface area contributed by atoms with Crippen LogP contribution in [0.1, 0.15) is 42.6 Å². The lowest BCUT2D eigenvalue weighted by Gasteiger charge is -2.21. The third-order valence-corrected chi connectivity index (χ3v) is 6.98. The van der Waals surface area contributed by atoms with Gasteiger partial charge in [-0.2, -0.15) is 5.10 Å². The molecule has 4 heterocycles. The maximum atomic E-state index is 15.0. The average molecular weight is 506 g/mol. The first kappa shape index (κ1) is 23.1. The number of benzene rings is 1. The number of nitrogens with zero attached hydrogens (tertiary/aromatic N) is 6. The molecule has 2 aliphatic rings. The van der Waals surface area contributed by atoms with Crippen LogP contribution in [0.15, 0.2) is 43.4 Å². The summed E-state index contributed by atoms with van der Waals surface area (Å²) in [5.41, 5.74) is 8.44. The minimum Gasteiger partial charge on any atom is -0.383 e. The first-order valence-corrected chi connectivity index (χ1v) is 11.9. The predicted molar refractivity (Wildman–Crippen MR) is 131 cm³/mol. The minimum absolute atomic E-state index is 0.00191. The number of aromatic nitrogens is 5. The number of hydrogen-bond donors (Lipinski definition) is 1. The molecule has 1 aliphatic carbocycles. The van der Waals surface area contributed by atoms with E-state index in [1.165, 1.54) is 12.3 Å². The summed E-state index contributed by atoms with van der Waals surface area (Å²) in [4.78, 5) is 21.8. The minimum atomic E-state index is -2.72. The summed E-state index contributed by atoms with van der Waals surface area (Å²) in [6.07, 6.45) is 3.62. The molecule has 11 heteroatoms. The van der Waals surface area contributed by atoms with Crippen molar-refractivity contribution in [3.8, 4) is 11.8 Å². The van der Waals surface area contributed by atoms with Gasteiger partial charge in [0.25, 0.3) is 6.43 Å². The highest BCUT2D eigenvalue weighted by molar-refractivity contribution is 5.93. The number of carbonyl (C=O) groups excluding carboxylic acids is 1. The number of imidazole rings is 1. The lowest BCUT2D eigenvalue weighted by atomic mass is 10.1. The van der Waals surface area contributed by atoms with Gasteiger partial charge in [-0.15, -0.1) is 0 Å². The molecule has 2 atom stereocenters. The fourth-order valence-electron chi connectivity index (χ4n) is 5.02. The standard InChI is InChI=1S/C26H22F3N7O/c1-2-23(37)34-12-16(10-22(34)25(28)29)36-20-7-8-31-26(30)24(20)18(33-36)6-3-14-9-19-21(11-17(14)27)35(13-32-19)15-4-5-15/h2,7-9,11,13,15-16,22,25H,1,4-5,10,12H2,(H2,30,31)/t16-,22?/m0/s1. The molecule has 4 aromatic rings. The highest BCUT2D eigenvalue weighted by Crippen LogP contribution is 2.37. The molecular formula is C26H22F3N7O. The molecule has 8 nitrogen and oxygen atoms in total. The van der Waals surface area contributed by atoms with E-state index in [4.69, 9.17) is 5.73 Å². The summed E-state index contributed by atoms with van der Waals surface area (Å²) in [7, 11) is 0. The topological polar surface area (TPSA) is 94.9 Å². The van der Waals surface area contributed by atoms with Crippen LogP contribution in [-0.4, -0.2) is 54.1 Å². The number of rotatable bonds is 4. The van der Waals surface area contributed by atoms with Crippen molar-refractivity contribution < 1.29 is 18.0 Å². The number of anilines is 1. The number of halogens is 3. The van der Waals surface area contributed by atoms with E-state index in [1.54, 1.807) is 23.1 Å². The highest BCUT2D eigenvalue weighted by atomic mass is 19.3. The number of amides is 1. The van der Waals surface area contributed by atoms with Crippen LogP contribution in [0, 0.1) is 17.7 Å². The van der Waals surface area contributed by atoms with Gasteiger partial charge in [0.15, 0.2) is 0 Å². The first-order chi connectivity index (χ1) is 17.9. The summed E-state index contributed by atoms with van der Waals surface area (Å²) >= 11 is 0. The normalized spacial score (nSPS) is 19.5. The Bertz CT molecular complexity index is 1630. The highest BCUT2D eigenvalue weighted by Gasteiger charge is 2.41. The van der Waals surface area contributed by atoms with Crippen molar-refractivity contribution >= 4 is 33.7 Å². The number of alkyl halides is 2. The number of hydrogen-bond acceptors (Lipinski definition) is 5. The van der Waals surface area contributed by atoms with Gasteiger partial charge in [0.2, 0.25) is 5.91 Å². The Kier molecular flexibility index (Phi) is 5.40. The van der Waals surface area contributed by atoms with Crippen LogP contribution in [0.4, 0.5) is 19.0 Å². The van der Waals surface area contributed by atoms with E-state index in [0.29, 0.717) is 22.5 Å². The van der Waals surface area contributed by atoms with Crippen LogP contribution in [0.25, 0.3) is 21.9 Å². The molecule has 0 bridgehead atoms. The van der Waals surface area contributed by atoms with Crippen molar-refractivity contribution in [3.63, 3.8) is 0 Å². The molecule has 188 valence electrons. The van der Waals surface area contributed by atoms with E-state index in [0.717, 1.165) is 29.3 Å². The Morgan fingerprint density at radius 1 is 1.19 bits per heavy atom. The van der Waals surface area contributed by atoms with Gasteiger partial charge in [-0.25, -0.2) is 23.1 Å². The molecule has 0 radical (unpaired) electrons. The van der Waals surface area contributed by atoms with Crippen molar-refractivity contribution in [2.75, 3.05) is 12.3 Å². The Morgan fingerprint density at radius 2 is 2.00 bits per heavy atom. The molecule has 2 fully saturated rings. The van der Waals surface area contributed by atoms with Gasteiger partial charge in [-0.1, -0.05) is 12.5 Å². The van der Waals surface area contributed by atoms with Crippen molar-refractivity contribution in [2.24, 2.45) is 0 Å². The number of nitrogen functional groups attached to an aromatic ring is 1. The van der Waals surface area contributed by atoms with Crippen molar-refractivity contribution in [1.29, 1.82) is 0 Å². The summed E-state index contributed by atoms with van der Waals surface area (Å²) in [6, 6.07) is 3.26. The fraction of sp³-hybridized carbons (Fsp3) is 0.308. The quantitative estimate of drug-likeness (QED) is 0.336. The second-order valence-electron chi connectivity index (χ2n) is 9.32. The number of likely N-dealkylation sites (tertiary alicyclic amines) is 1. The molecule has 1 saturated heterocycles. The van der Waals surface area contributed by atoms with Crippen molar-refractivity contribution in [2.45, 2.75) is 43.8 Å². The van der Waals surface area contributed by atoms with Gasteiger partial charge in [0, 0.05) is 24.8 Å². The molecule has 1 aliphatic heterocycles. The fourth-order valence-corrected chi connectivity index (χ4v) is 5.02. The zero-order chi connectivity index (χ0) is 25.8. The third-order valence-electron chi connectivity index (χ3n) is 6.98. The Balaban J connectivity index is 1.40. The van der Waals surface area contributed by atoms with E-state index in [9.17, 15) is 18.0 Å². The largest absolute Gasteiger partial charge is 0.383 e. The Labute approximate surface area is 209 Å². The van der Waals surface area contributed by atoms with E-state index < -0.39 is 30.2 Å². The van der Waals surface area contributed by atoms with Gasteiger partial charge >= 0.3 is 0 Å². The van der Waals surface area contributed by atoms with E-state index in [2.05, 4.69) is 33.5 Å². The molecule has 1 aromatic carbocycles. The van der Waals surface area contributed by atoms with E-state index in [1.807, 2.05) is 4.57 Å². The van der Waals surface area contributed by atoms with E-state index >= 15 is 0 Å². The molecular weight excluding hydrogens is 483 g/mol. The molecule has 1 unspecified atom stereocenters. The van der Waals surface area contributed by atoms with Gasteiger partial charge < -0.3 is 15.2 Å². The number of pyridine rings is 1. The smallest absolute Gasteiger partial charge is 0.258 e. The maximum Gasteiger partial charge on any atom is 0.258 e. The lowest BCUT2D eigenvalue weighted by molar-refractivity contribution is -0.129. The van der Waals surface area contributed by atoms with Gasteiger partial charge in [0.1, 0.15) is 17.3 Å². The Hall–Kier alpha value is -4.33. The predicted octanol–water partition coefficient (Wildman–Crippen LogP) is 3.83. The maximum absolute atomic E-state index is 15.0. The van der Waals surface area contributed by atoms with Crippen LogP contribution in [0.5, 0.6) is 0 Å². The monoisotopic (exact) mass is 505 g/mol. The van der Waals surface area contributed by atoms with Crippen molar-refractivity contribution in [1.82, 2.24) is 29.2 Å². The number of carbonyl (C=O) groups is 1. The van der Waals surface area contributed by atoms with Crippen molar-refractivity contribution in [3.05, 3.63) is 60.5 Å². The number of nitrogens with two attached hydrogens (primary N) is 1. The second-order valence-corrected chi connectivity index (χ2v) is 9.32. The first-order valence-electron chi connectivity index (χ1n) is 11.9. The third kappa shape index (κ3) is 3.89. The van der Waals surface area contributed by atoms with E-state index in [-0.39, 0.29) is 30.0 Å². The zero-order valence-electron chi connectivity index (χ0n) is 19.6. The summed E-state index contributed by atoms with van der Waals surface area (Å²) in [6.45, 7) is 3.44. The van der Waals surface area contributed by atoms with Crippen LogP contribution >= 0.6 is 0 Å². The summed E-state index contributed by atoms with van der Waals surface area (Å²) < 4.78 is 45.9. The number of fused-ring (bicyclic) bond motifs is 2. The van der Waals surface area contributed by atoms with Gasteiger partial charge in [0.05, 0.1) is 45.9 Å². The van der Waals surface area contributed by atoms with Crippen LogP contribution in [-0.2, 0) is 4.79 Å². The molecule has 2 N–H and O–H groups in total. The molecule has 1 saturated carbocycles. The average Bonchev–Trinajstić information content (AvgIpc) is 3.32. The molecule has 0 spiro atoms. The van der Waals surface area contributed by atoms with Gasteiger partial charge in [-0.05, 0) is 43.4 Å². The molecule has 1 amide bonds.